The number of likely N-dealkylation sites (N-methyl/N-ethyl adjacent to an activating group) is 1. The van der Waals surface area contributed by atoms with Crippen LogP contribution in [0.25, 0.3) is 0 Å². The number of nitrogens with zero attached hydrogens (tertiary/aromatic N) is 1. The quantitative estimate of drug-likeness (QED) is 0.255. The fourth-order valence-electron chi connectivity index (χ4n) is 5.24. The highest BCUT2D eigenvalue weighted by atomic mass is 16.2. The van der Waals surface area contributed by atoms with Crippen LogP contribution in [0.5, 0.6) is 0 Å². The van der Waals surface area contributed by atoms with Crippen molar-refractivity contribution in [3.63, 3.8) is 0 Å². The maximum absolute atomic E-state index is 13.2. The van der Waals surface area contributed by atoms with Crippen LogP contribution in [0.2, 0.25) is 0 Å². The second-order valence-corrected chi connectivity index (χ2v) is 10.8. The summed E-state index contributed by atoms with van der Waals surface area (Å²) in [5, 5.41) is 6.16. The fraction of sp³-hybridized carbons (Fsp3) is 0.618. The van der Waals surface area contributed by atoms with E-state index in [4.69, 9.17) is 5.73 Å². The summed E-state index contributed by atoms with van der Waals surface area (Å²) in [6.07, 6.45) is 26.3. The first kappa shape index (κ1) is 36.1. The third-order valence-electron chi connectivity index (χ3n) is 7.79. The van der Waals surface area contributed by atoms with Crippen LogP contribution in [0.15, 0.2) is 60.3 Å². The van der Waals surface area contributed by atoms with Crippen molar-refractivity contribution in [3.05, 3.63) is 60.3 Å². The molecule has 1 aliphatic carbocycles. The summed E-state index contributed by atoms with van der Waals surface area (Å²) in [5.74, 6) is -0.0677. The molecule has 5 unspecified atom stereocenters. The minimum Gasteiger partial charge on any atom is -0.349 e. The molecule has 2 rings (SSSR count). The van der Waals surface area contributed by atoms with Gasteiger partial charge in [-0.2, -0.15) is 0 Å². The van der Waals surface area contributed by atoms with Crippen molar-refractivity contribution in [3.8, 4) is 0 Å². The lowest BCUT2D eigenvalue weighted by atomic mass is 9.89. The Hall–Kier alpha value is -2.93. The molecule has 1 fully saturated rings. The standard InChI is InChI=1S/C32H50N4O3.C2H6/c1-5-7-8-11-17-24(3)30(25-18-12-9-10-13-19-25)35-29(37)23-16-21-26-20-14-15-22-28(32(39)36(26)4)34-31(38)27(33)6-2;1-2/h5,7-12,17-18,25-28,30H,6,13-16,19-23,33H2,1-4H3,(H,34,38)(H,35,37);1-2H3/b7-5-,11-8-,24-17+;. The molecule has 0 aromatic carbocycles. The number of carbonyl (C=O) groups excluding carboxylic acids is 3. The monoisotopic (exact) mass is 568 g/mol. The van der Waals surface area contributed by atoms with Crippen LogP contribution in [-0.2, 0) is 14.4 Å². The maximum atomic E-state index is 13.2. The van der Waals surface area contributed by atoms with Crippen LogP contribution in [-0.4, -0.2) is 53.8 Å². The van der Waals surface area contributed by atoms with Crippen molar-refractivity contribution in [2.75, 3.05) is 7.05 Å². The van der Waals surface area contributed by atoms with E-state index in [9.17, 15) is 14.4 Å². The fourth-order valence-corrected chi connectivity index (χ4v) is 5.24. The van der Waals surface area contributed by atoms with E-state index in [0.29, 0.717) is 25.7 Å². The SMILES string of the molecule is CC.C\C=C/C=C\C=C(/C)C(NC(=O)CCCC1CCCCC(NC(=O)C(N)CC)C(=O)N1C)C1C=CC=CCC1. The molecular formula is C34H56N4O3. The second-order valence-electron chi connectivity index (χ2n) is 10.8. The lowest BCUT2D eigenvalue weighted by Gasteiger charge is -2.34. The molecular weight excluding hydrogens is 512 g/mol. The van der Waals surface area contributed by atoms with Crippen molar-refractivity contribution in [1.29, 1.82) is 0 Å². The molecule has 5 atom stereocenters. The van der Waals surface area contributed by atoms with E-state index < -0.39 is 12.1 Å². The van der Waals surface area contributed by atoms with E-state index in [0.717, 1.165) is 44.1 Å². The molecule has 7 heteroatoms. The highest BCUT2D eigenvalue weighted by molar-refractivity contribution is 5.89. The van der Waals surface area contributed by atoms with Gasteiger partial charge in [0.2, 0.25) is 17.7 Å². The number of hydrogen-bond acceptors (Lipinski definition) is 4. The van der Waals surface area contributed by atoms with Gasteiger partial charge in [-0.15, -0.1) is 0 Å². The zero-order valence-electron chi connectivity index (χ0n) is 26.4. The third-order valence-corrected chi connectivity index (χ3v) is 7.79. The first-order valence-corrected chi connectivity index (χ1v) is 15.7. The molecule has 0 spiro atoms. The van der Waals surface area contributed by atoms with Crippen molar-refractivity contribution in [2.24, 2.45) is 11.7 Å². The first-order valence-electron chi connectivity index (χ1n) is 15.7. The Morgan fingerprint density at radius 2 is 1.85 bits per heavy atom. The number of allylic oxidation sites excluding steroid dienone is 8. The highest BCUT2D eigenvalue weighted by Crippen LogP contribution is 2.24. The molecule has 1 saturated heterocycles. The first-order chi connectivity index (χ1) is 19.8. The number of amides is 3. The maximum Gasteiger partial charge on any atom is 0.245 e. The predicted molar refractivity (Wildman–Crippen MR) is 171 cm³/mol. The average Bonchev–Trinajstić information content (AvgIpc) is 3.27. The van der Waals surface area contributed by atoms with Gasteiger partial charge in [-0.1, -0.05) is 93.9 Å². The lowest BCUT2D eigenvalue weighted by Crippen LogP contribution is -2.54. The van der Waals surface area contributed by atoms with E-state index in [2.05, 4.69) is 47.9 Å². The van der Waals surface area contributed by atoms with Crippen LogP contribution in [0.3, 0.4) is 0 Å². The van der Waals surface area contributed by atoms with Crippen molar-refractivity contribution >= 4 is 17.7 Å². The Kier molecular flexibility index (Phi) is 18.4. The molecule has 4 N–H and O–H groups in total. The Morgan fingerprint density at radius 3 is 2.56 bits per heavy atom. The number of nitrogens with one attached hydrogen (secondary N) is 2. The van der Waals surface area contributed by atoms with E-state index in [1.165, 1.54) is 0 Å². The van der Waals surface area contributed by atoms with Gasteiger partial charge < -0.3 is 21.3 Å². The largest absolute Gasteiger partial charge is 0.349 e. The van der Waals surface area contributed by atoms with Gasteiger partial charge in [0, 0.05) is 25.4 Å². The molecule has 0 aromatic heterocycles. The van der Waals surface area contributed by atoms with Crippen LogP contribution < -0.4 is 16.4 Å². The number of rotatable bonds is 12. The van der Waals surface area contributed by atoms with Gasteiger partial charge in [0.15, 0.2) is 0 Å². The molecule has 3 amide bonds. The molecule has 41 heavy (non-hydrogen) atoms. The lowest BCUT2D eigenvalue weighted by molar-refractivity contribution is -0.138. The van der Waals surface area contributed by atoms with Crippen molar-refractivity contribution in [1.82, 2.24) is 15.5 Å². The summed E-state index contributed by atoms with van der Waals surface area (Å²) in [6.45, 7) is 9.92. The van der Waals surface area contributed by atoms with Crippen LogP contribution in [0.1, 0.15) is 98.8 Å². The molecule has 1 aliphatic heterocycles. The van der Waals surface area contributed by atoms with E-state index >= 15 is 0 Å². The second kappa shape index (κ2) is 20.9. The van der Waals surface area contributed by atoms with E-state index in [1.54, 1.807) is 4.90 Å². The number of nitrogens with two attached hydrogens (primary N) is 1. The Balaban J connectivity index is 0.00000411. The van der Waals surface area contributed by atoms with Gasteiger partial charge in [-0.3, -0.25) is 14.4 Å². The Morgan fingerprint density at radius 1 is 1.12 bits per heavy atom. The topological polar surface area (TPSA) is 105 Å². The number of likely N-dealkylation sites (tertiary alicyclic amines) is 1. The van der Waals surface area contributed by atoms with Crippen LogP contribution in [0.4, 0.5) is 0 Å². The summed E-state index contributed by atoms with van der Waals surface area (Å²) < 4.78 is 0. The van der Waals surface area contributed by atoms with Gasteiger partial charge in [0.1, 0.15) is 6.04 Å². The molecule has 0 aromatic rings. The van der Waals surface area contributed by atoms with Crippen LogP contribution in [0, 0.1) is 5.92 Å². The predicted octanol–water partition coefficient (Wildman–Crippen LogP) is 5.89. The molecule has 230 valence electrons. The van der Waals surface area contributed by atoms with E-state index in [-0.39, 0.29) is 35.7 Å². The average molecular weight is 569 g/mol. The summed E-state index contributed by atoms with van der Waals surface area (Å²) in [4.78, 5) is 40.3. The third kappa shape index (κ3) is 13.1. The van der Waals surface area contributed by atoms with Gasteiger partial charge >= 0.3 is 0 Å². The summed E-state index contributed by atoms with van der Waals surface area (Å²) in [5.41, 5.74) is 6.99. The summed E-state index contributed by atoms with van der Waals surface area (Å²) in [6, 6.07) is -1.15. The molecule has 1 heterocycles. The summed E-state index contributed by atoms with van der Waals surface area (Å²) >= 11 is 0. The van der Waals surface area contributed by atoms with Gasteiger partial charge in [-0.05, 0) is 58.8 Å². The Bertz CT molecular complexity index is 950. The molecule has 7 nitrogen and oxygen atoms in total. The summed E-state index contributed by atoms with van der Waals surface area (Å²) in [7, 11) is 1.81. The van der Waals surface area contributed by atoms with E-state index in [1.807, 2.05) is 59.0 Å². The molecule has 0 bridgehead atoms. The van der Waals surface area contributed by atoms with Crippen molar-refractivity contribution in [2.45, 2.75) is 123 Å². The number of carbonyl (C=O) groups is 3. The number of hydrogen-bond donors (Lipinski definition) is 3. The zero-order valence-corrected chi connectivity index (χ0v) is 26.4. The van der Waals surface area contributed by atoms with Crippen molar-refractivity contribution < 1.29 is 14.4 Å². The zero-order chi connectivity index (χ0) is 30.6. The van der Waals surface area contributed by atoms with Crippen LogP contribution >= 0.6 is 0 Å². The molecule has 2 aliphatic rings. The minimum absolute atomic E-state index is 0.0364. The Labute approximate surface area is 249 Å². The molecule has 0 saturated carbocycles. The highest BCUT2D eigenvalue weighted by Gasteiger charge is 2.31. The smallest absolute Gasteiger partial charge is 0.245 e. The minimum atomic E-state index is -0.598. The normalized spacial score (nSPS) is 23.3. The molecule has 0 radical (unpaired) electrons. The van der Waals surface area contributed by atoms with Gasteiger partial charge in [0.25, 0.3) is 0 Å². The van der Waals surface area contributed by atoms with Gasteiger partial charge in [-0.25, -0.2) is 0 Å². The van der Waals surface area contributed by atoms with Gasteiger partial charge in [0.05, 0.1) is 12.1 Å².